The van der Waals surface area contributed by atoms with E-state index in [1.165, 1.54) is 6.42 Å². The first-order chi connectivity index (χ1) is 11.9. The lowest BCUT2D eigenvalue weighted by atomic mass is 9.00. The van der Waals surface area contributed by atoms with E-state index in [0.29, 0.717) is 37.9 Å². The average molecular weight is 351 g/mol. The fraction of sp³-hybridized carbons (Fsp3) is 1.00. The van der Waals surface area contributed by atoms with Crippen molar-refractivity contribution in [2.75, 3.05) is 0 Å². The second-order valence-corrected chi connectivity index (χ2v) is 14.4. The van der Waals surface area contributed by atoms with Crippen molar-refractivity contribution in [1.82, 2.24) is 0 Å². The van der Waals surface area contributed by atoms with Crippen LogP contribution in [0.4, 0.5) is 0 Å². The summed E-state index contributed by atoms with van der Waals surface area (Å²) in [7, 11) is 0. The molecule has 8 fully saturated rings. The van der Waals surface area contributed by atoms with Gasteiger partial charge in [0.25, 0.3) is 0 Å². The largest absolute Gasteiger partial charge is 0.0619 e. The molecule has 8 aliphatic carbocycles. The van der Waals surface area contributed by atoms with E-state index in [2.05, 4.69) is 55.4 Å². The van der Waals surface area contributed by atoms with Gasteiger partial charge in [0.1, 0.15) is 0 Å². The molecule has 26 heavy (non-hydrogen) atoms. The van der Waals surface area contributed by atoms with Gasteiger partial charge in [-0.2, -0.15) is 0 Å². The summed E-state index contributed by atoms with van der Waals surface area (Å²) in [5, 5.41) is 0. The molecule has 0 aromatic carbocycles. The average Bonchev–Trinajstić information content (AvgIpc) is 2.86. The molecule has 14 unspecified atom stereocenters. The van der Waals surface area contributed by atoms with Crippen LogP contribution in [0.3, 0.4) is 0 Å². The molecule has 14 atom stereocenters. The fourth-order valence-electron chi connectivity index (χ4n) is 15.4. The lowest BCUT2D eigenvalue weighted by Crippen LogP contribution is -2.99. The molecular weight excluding hydrogens is 312 g/mol. The lowest BCUT2D eigenvalue weighted by molar-refractivity contribution is -0.568. The van der Waals surface area contributed by atoms with Gasteiger partial charge >= 0.3 is 0 Å². The summed E-state index contributed by atoms with van der Waals surface area (Å²) in [4.78, 5) is 0. The SMILES string of the molecule is CC1CC2C3C45CC(C)(C3(C)C12C)C4(C)C1(C)C5C2C3CCC3(C)C21C. The Balaban J connectivity index is 1.37. The molecule has 0 radical (unpaired) electrons. The highest BCUT2D eigenvalue weighted by Gasteiger charge is 3.10. The van der Waals surface area contributed by atoms with Gasteiger partial charge in [-0.3, -0.25) is 0 Å². The van der Waals surface area contributed by atoms with Crippen LogP contribution in [0, 0.1) is 78.8 Å². The van der Waals surface area contributed by atoms with Gasteiger partial charge in [-0.25, -0.2) is 0 Å². The summed E-state index contributed by atoms with van der Waals surface area (Å²) in [5.41, 5.74) is 5.30. The second-order valence-electron chi connectivity index (χ2n) is 14.4. The predicted octanol–water partition coefficient (Wildman–Crippen LogP) is 6.40. The van der Waals surface area contributed by atoms with Gasteiger partial charge in [-0.05, 0) is 105 Å². The Morgan fingerprint density at radius 1 is 0.769 bits per heavy atom. The molecule has 0 nitrogen and oxygen atoms in total. The Hall–Kier alpha value is 0. The van der Waals surface area contributed by atoms with Gasteiger partial charge in [0.15, 0.2) is 0 Å². The first-order valence-corrected chi connectivity index (χ1v) is 11.9. The summed E-state index contributed by atoms with van der Waals surface area (Å²) in [6.07, 6.45) is 6.25. The topological polar surface area (TPSA) is 0 Å². The zero-order chi connectivity index (χ0) is 18.3. The van der Waals surface area contributed by atoms with E-state index in [-0.39, 0.29) is 0 Å². The number of hydrogen-bond acceptors (Lipinski definition) is 0. The van der Waals surface area contributed by atoms with E-state index in [4.69, 9.17) is 0 Å². The Kier molecular flexibility index (Phi) is 1.69. The molecule has 0 aliphatic heterocycles. The Bertz CT molecular complexity index is 858. The van der Waals surface area contributed by atoms with E-state index in [0.717, 1.165) is 40.9 Å². The molecule has 0 aromatic heterocycles. The minimum absolute atomic E-state index is 0.606. The van der Waals surface area contributed by atoms with Gasteiger partial charge < -0.3 is 0 Å². The maximum Gasteiger partial charge on any atom is -0.0141 e. The monoisotopic (exact) mass is 350 g/mol. The van der Waals surface area contributed by atoms with Gasteiger partial charge in [0.2, 0.25) is 0 Å². The Morgan fingerprint density at radius 3 is 2.04 bits per heavy atom. The summed E-state index contributed by atoms with van der Waals surface area (Å²) in [6, 6.07) is 0. The van der Waals surface area contributed by atoms with Crippen LogP contribution in [0.2, 0.25) is 0 Å². The molecule has 0 amide bonds. The third kappa shape index (κ3) is 0.657. The van der Waals surface area contributed by atoms with Crippen LogP contribution in [0.25, 0.3) is 0 Å². The molecule has 0 saturated heterocycles. The van der Waals surface area contributed by atoms with Crippen LogP contribution >= 0.6 is 0 Å². The van der Waals surface area contributed by atoms with E-state index in [1.54, 1.807) is 19.3 Å². The number of hydrogen-bond donors (Lipinski definition) is 0. The highest BCUT2D eigenvalue weighted by Crippen LogP contribution is 3.14. The Labute approximate surface area is 160 Å². The minimum Gasteiger partial charge on any atom is -0.0619 e. The van der Waals surface area contributed by atoms with Crippen LogP contribution in [-0.2, 0) is 0 Å². The standard InChI is InChI=1S/C26H38/c1-13-11-15-17-23(6,21(13,15)4)20(3)12-26(17)18-16-14-9-10-19(14,2)22(16,5)24(18,7)25(20,26)8/h13-18H,9-12H2,1-8H3. The van der Waals surface area contributed by atoms with Gasteiger partial charge in [-0.1, -0.05) is 55.4 Å². The second kappa shape index (κ2) is 2.94. The zero-order valence-corrected chi connectivity index (χ0v) is 18.3. The Morgan fingerprint density at radius 2 is 1.46 bits per heavy atom. The molecular formula is C26H38. The van der Waals surface area contributed by atoms with Crippen LogP contribution in [-0.4, -0.2) is 0 Å². The van der Waals surface area contributed by atoms with Crippen molar-refractivity contribution in [1.29, 1.82) is 0 Å². The van der Waals surface area contributed by atoms with Crippen molar-refractivity contribution < 1.29 is 0 Å². The highest BCUT2D eigenvalue weighted by atomic mass is 15.1. The van der Waals surface area contributed by atoms with Gasteiger partial charge in [0, 0.05) is 0 Å². The van der Waals surface area contributed by atoms with E-state index in [1.807, 2.05) is 0 Å². The fourth-order valence-corrected chi connectivity index (χ4v) is 15.4. The van der Waals surface area contributed by atoms with Gasteiger partial charge in [0.05, 0.1) is 0 Å². The first-order valence-electron chi connectivity index (χ1n) is 11.9. The molecule has 8 saturated carbocycles. The van der Waals surface area contributed by atoms with Gasteiger partial charge in [-0.15, -0.1) is 0 Å². The maximum atomic E-state index is 2.83. The smallest absolute Gasteiger partial charge is 0.0141 e. The van der Waals surface area contributed by atoms with Crippen molar-refractivity contribution in [2.24, 2.45) is 78.8 Å². The predicted molar refractivity (Wildman–Crippen MR) is 104 cm³/mol. The minimum atomic E-state index is 0.606. The summed E-state index contributed by atoms with van der Waals surface area (Å²) in [5.74, 6) is 6.45. The number of fused-ring (bicyclic) bond motifs is 12. The molecule has 0 N–H and O–H groups in total. The number of rotatable bonds is 0. The first kappa shape index (κ1) is 14.9. The van der Waals surface area contributed by atoms with Crippen molar-refractivity contribution in [2.45, 2.75) is 81.1 Å². The summed E-state index contributed by atoms with van der Waals surface area (Å²) in [6.45, 7) is 22.0. The third-order valence-electron chi connectivity index (χ3n) is 16.7. The van der Waals surface area contributed by atoms with Crippen molar-refractivity contribution in [3.05, 3.63) is 0 Å². The molecule has 8 rings (SSSR count). The third-order valence-corrected chi connectivity index (χ3v) is 16.7. The van der Waals surface area contributed by atoms with E-state index >= 15 is 0 Å². The highest BCUT2D eigenvalue weighted by molar-refractivity contribution is 5.57. The summed E-state index contributed by atoms with van der Waals surface area (Å²) >= 11 is 0. The van der Waals surface area contributed by atoms with Crippen molar-refractivity contribution in [3.63, 3.8) is 0 Å². The molecule has 8 aliphatic rings. The van der Waals surface area contributed by atoms with Crippen LogP contribution in [0.15, 0.2) is 0 Å². The molecule has 0 aromatic rings. The quantitative estimate of drug-likeness (QED) is 0.474. The zero-order valence-electron chi connectivity index (χ0n) is 18.3. The molecule has 0 spiro atoms. The van der Waals surface area contributed by atoms with Crippen molar-refractivity contribution in [3.8, 4) is 0 Å². The maximum absolute atomic E-state index is 2.83. The van der Waals surface area contributed by atoms with Crippen LogP contribution < -0.4 is 0 Å². The lowest BCUT2D eigenvalue weighted by Gasteiger charge is -3.03. The molecule has 2 bridgehead atoms. The normalized spacial score (nSPS) is 88.6. The van der Waals surface area contributed by atoms with E-state index in [9.17, 15) is 0 Å². The van der Waals surface area contributed by atoms with Crippen LogP contribution in [0.5, 0.6) is 0 Å². The molecule has 0 heterocycles. The van der Waals surface area contributed by atoms with Crippen molar-refractivity contribution >= 4 is 0 Å². The molecule has 142 valence electrons. The van der Waals surface area contributed by atoms with E-state index < -0.39 is 0 Å². The molecule has 0 heteroatoms. The van der Waals surface area contributed by atoms with Crippen LogP contribution in [0.1, 0.15) is 81.1 Å². The summed E-state index contributed by atoms with van der Waals surface area (Å²) < 4.78 is 0.